The number of Topliss-reactive ketones (excluding diaryl/α,β-unsaturated/α-hetero) is 1. The molecule has 174 valence electrons. The second-order valence-electron chi connectivity index (χ2n) is 7.58. The van der Waals surface area contributed by atoms with E-state index >= 15 is 0 Å². The minimum atomic E-state index is -0.896. The number of hydrogen-bond acceptors (Lipinski definition) is 7. The molecule has 0 radical (unpaired) electrons. The average Bonchev–Trinajstić information content (AvgIpc) is 3.46. The number of benzene rings is 2. The van der Waals surface area contributed by atoms with Crippen LogP contribution < -0.4 is 4.74 Å². The van der Waals surface area contributed by atoms with E-state index in [0.717, 1.165) is 0 Å². The van der Waals surface area contributed by atoms with Crippen molar-refractivity contribution in [2.75, 3.05) is 13.7 Å². The zero-order chi connectivity index (χ0) is 24.2. The van der Waals surface area contributed by atoms with E-state index in [1.807, 2.05) is 6.92 Å². The number of hydrogen-bond donors (Lipinski definition) is 1. The Hall–Kier alpha value is -4.33. The molecule has 0 spiro atoms. The molecule has 0 saturated carbocycles. The van der Waals surface area contributed by atoms with Gasteiger partial charge in [-0.2, -0.15) is 0 Å². The number of ether oxygens (including phenoxy) is 2. The number of aliphatic hydroxyl groups excluding tert-OH is 1. The summed E-state index contributed by atoms with van der Waals surface area (Å²) in [6.07, 6.45) is 1.48. The van der Waals surface area contributed by atoms with Crippen molar-refractivity contribution in [1.82, 2.24) is 4.90 Å². The van der Waals surface area contributed by atoms with Crippen LogP contribution in [0.5, 0.6) is 5.75 Å². The van der Waals surface area contributed by atoms with Gasteiger partial charge >= 0.3 is 5.97 Å². The summed E-state index contributed by atoms with van der Waals surface area (Å²) < 4.78 is 15.6. The van der Waals surface area contributed by atoms with Crippen molar-refractivity contribution in [2.24, 2.45) is 0 Å². The topological polar surface area (TPSA) is 106 Å². The highest BCUT2D eigenvalue weighted by Gasteiger charge is 2.46. The lowest BCUT2D eigenvalue weighted by Crippen LogP contribution is -2.29. The van der Waals surface area contributed by atoms with Crippen molar-refractivity contribution in [1.29, 1.82) is 0 Å². The van der Waals surface area contributed by atoms with Gasteiger partial charge in [-0.3, -0.25) is 9.59 Å². The summed E-state index contributed by atoms with van der Waals surface area (Å²) in [4.78, 5) is 39.4. The molecule has 3 aromatic rings. The molecule has 8 nitrogen and oxygen atoms in total. The van der Waals surface area contributed by atoms with Crippen LogP contribution in [0.15, 0.2) is 76.9 Å². The number of amides is 1. The fraction of sp³-hybridized carbons (Fsp3) is 0.192. The Morgan fingerprint density at radius 1 is 1.06 bits per heavy atom. The summed E-state index contributed by atoms with van der Waals surface area (Å²) in [6, 6.07) is 15.5. The zero-order valence-electron chi connectivity index (χ0n) is 18.7. The van der Waals surface area contributed by atoms with Crippen molar-refractivity contribution in [3.05, 3.63) is 95.0 Å². The summed E-state index contributed by atoms with van der Waals surface area (Å²) in [5.41, 5.74) is 1.15. The Morgan fingerprint density at radius 2 is 1.82 bits per heavy atom. The first-order valence-electron chi connectivity index (χ1n) is 10.7. The number of rotatable bonds is 7. The predicted molar refractivity (Wildman–Crippen MR) is 122 cm³/mol. The lowest BCUT2D eigenvalue weighted by Gasteiger charge is -2.24. The maximum Gasteiger partial charge on any atom is 0.337 e. The predicted octanol–water partition coefficient (Wildman–Crippen LogP) is 4.09. The number of carbonyl (C=O) groups excluding carboxylic acids is 3. The zero-order valence-corrected chi connectivity index (χ0v) is 18.7. The van der Waals surface area contributed by atoms with E-state index in [1.165, 1.54) is 18.3 Å². The van der Waals surface area contributed by atoms with Crippen molar-refractivity contribution in [3.8, 4) is 5.75 Å². The van der Waals surface area contributed by atoms with Gasteiger partial charge in [0.25, 0.3) is 11.7 Å². The van der Waals surface area contributed by atoms with Crippen LogP contribution in [0.1, 0.15) is 40.2 Å². The molecule has 1 saturated heterocycles. The maximum atomic E-state index is 13.1. The van der Waals surface area contributed by atoms with Crippen molar-refractivity contribution in [3.63, 3.8) is 0 Å². The maximum absolute atomic E-state index is 13.1. The van der Waals surface area contributed by atoms with Gasteiger partial charge in [-0.25, -0.2) is 4.79 Å². The molecule has 1 unspecified atom stereocenters. The van der Waals surface area contributed by atoms with Gasteiger partial charge < -0.3 is 23.9 Å². The largest absolute Gasteiger partial charge is 0.507 e. The summed E-state index contributed by atoms with van der Waals surface area (Å²) in [7, 11) is 1.28. The van der Waals surface area contributed by atoms with Crippen LogP contribution >= 0.6 is 0 Å². The Morgan fingerprint density at radius 3 is 2.47 bits per heavy atom. The SMILES string of the molecule is CCOc1cccc(C(O)=C2C(=O)C(=O)N(Cc3ccco3)C2c2ccc(C(=O)OC)cc2)c1. The molecule has 1 atom stereocenters. The first-order chi connectivity index (χ1) is 16.4. The molecule has 4 rings (SSSR count). The second kappa shape index (κ2) is 9.66. The van der Waals surface area contributed by atoms with E-state index in [-0.39, 0.29) is 17.9 Å². The lowest BCUT2D eigenvalue weighted by molar-refractivity contribution is -0.140. The first kappa shape index (κ1) is 22.8. The minimum Gasteiger partial charge on any atom is -0.507 e. The molecule has 34 heavy (non-hydrogen) atoms. The molecule has 2 heterocycles. The number of esters is 1. The van der Waals surface area contributed by atoms with E-state index in [4.69, 9.17) is 13.9 Å². The highest BCUT2D eigenvalue weighted by atomic mass is 16.5. The van der Waals surface area contributed by atoms with Gasteiger partial charge in [-0.15, -0.1) is 0 Å². The Bertz CT molecular complexity index is 1240. The first-order valence-corrected chi connectivity index (χ1v) is 10.7. The van der Waals surface area contributed by atoms with E-state index in [1.54, 1.807) is 60.7 Å². The summed E-state index contributed by atoms with van der Waals surface area (Å²) in [5.74, 6) is -1.39. The van der Waals surface area contributed by atoms with Crippen LogP contribution in [-0.2, 0) is 20.9 Å². The minimum absolute atomic E-state index is 0.0246. The van der Waals surface area contributed by atoms with Crippen LogP contribution in [0.2, 0.25) is 0 Å². The van der Waals surface area contributed by atoms with E-state index in [9.17, 15) is 19.5 Å². The summed E-state index contributed by atoms with van der Waals surface area (Å²) in [6.45, 7) is 2.30. The van der Waals surface area contributed by atoms with E-state index in [2.05, 4.69) is 0 Å². The fourth-order valence-electron chi connectivity index (χ4n) is 3.93. The quantitative estimate of drug-likeness (QED) is 0.244. The molecular weight excluding hydrogens is 438 g/mol. The second-order valence-corrected chi connectivity index (χ2v) is 7.58. The molecule has 1 N–H and O–H groups in total. The molecule has 1 fully saturated rings. The number of likely N-dealkylation sites (tertiary alicyclic amines) is 1. The number of aliphatic hydroxyl groups is 1. The van der Waals surface area contributed by atoms with Gasteiger partial charge in [0, 0.05) is 5.56 Å². The molecule has 1 amide bonds. The Balaban J connectivity index is 1.83. The van der Waals surface area contributed by atoms with Gasteiger partial charge in [0.1, 0.15) is 17.3 Å². The van der Waals surface area contributed by atoms with Gasteiger partial charge in [0.15, 0.2) is 0 Å². The van der Waals surface area contributed by atoms with Gasteiger partial charge in [-0.05, 0) is 48.9 Å². The molecule has 0 bridgehead atoms. The fourth-order valence-corrected chi connectivity index (χ4v) is 3.93. The molecule has 2 aromatic carbocycles. The third kappa shape index (κ3) is 4.30. The van der Waals surface area contributed by atoms with Gasteiger partial charge in [0.05, 0.1) is 43.7 Å². The van der Waals surface area contributed by atoms with Gasteiger partial charge in [0.2, 0.25) is 0 Å². The highest BCUT2D eigenvalue weighted by Crippen LogP contribution is 2.40. The molecule has 1 aromatic heterocycles. The summed E-state index contributed by atoms with van der Waals surface area (Å²) in [5, 5.41) is 11.2. The summed E-state index contributed by atoms with van der Waals surface area (Å²) >= 11 is 0. The Kier molecular flexibility index (Phi) is 6.49. The number of ketones is 1. The highest BCUT2D eigenvalue weighted by molar-refractivity contribution is 6.46. The molecule has 0 aliphatic carbocycles. The number of nitrogens with zero attached hydrogens (tertiary/aromatic N) is 1. The van der Waals surface area contributed by atoms with E-state index < -0.39 is 23.7 Å². The third-order valence-corrected chi connectivity index (χ3v) is 5.51. The van der Waals surface area contributed by atoms with Crippen LogP contribution in [-0.4, -0.2) is 41.4 Å². The van der Waals surface area contributed by atoms with Crippen LogP contribution in [0.4, 0.5) is 0 Å². The molecule has 8 heteroatoms. The van der Waals surface area contributed by atoms with Crippen molar-refractivity contribution < 1.29 is 33.4 Å². The molecule has 1 aliphatic rings. The third-order valence-electron chi connectivity index (χ3n) is 5.51. The standard InChI is InChI=1S/C26H23NO7/c1-3-33-19-7-4-6-18(14-19)23(28)21-22(16-9-11-17(12-10-16)26(31)32-2)27(25(30)24(21)29)15-20-8-5-13-34-20/h4-14,22,28H,3,15H2,1-2H3. The van der Waals surface area contributed by atoms with Crippen LogP contribution in [0.25, 0.3) is 5.76 Å². The van der Waals surface area contributed by atoms with Crippen LogP contribution in [0, 0.1) is 0 Å². The number of carbonyl (C=O) groups is 3. The Labute approximate surface area is 196 Å². The molecular formula is C26H23NO7. The lowest BCUT2D eigenvalue weighted by atomic mass is 9.94. The van der Waals surface area contributed by atoms with Gasteiger partial charge in [-0.1, -0.05) is 24.3 Å². The van der Waals surface area contributed by atoms with Crippen LogP contribution in [0.3, 0.4) is 0 Å². The molecule has 1 aliphatic heterocycles. The normalized spacial score (nSPS) is 17.1. The van der Waals surface area contributed by atoms with Crippen molar-refractivity contribution >= 4 is 23.4 Å². The smallest absolute Gasteiger partial charge is 0.337 e. The number of methoxy groups -OCH3 is 1. The van der Waals surface area contributed by atoms with E-state index in [0.29, 0.717) is 34.8 Å². The average molecular weight is 461 g/mol. The monoisotopic (exact) mass is 461 g/mol. The van der Waals surface area contributed by atoms with Crippen molar-refractivity contribution in [2.45, 2.75) is 19.5 Å². The number of furan rings is 1.